The monoisotopic (exact) mass is 286 g/mol. The Labute approximate surface area is 112 Å². The summed E-state index contributed by atoms with van der Waals surface area (Å²) < 4.78 is 26.5. The van der Waals surface area contributed by atoms with Gasteiger partial charge in [-0.1, -0.05) is 35.3 Å². The Morgan fingerprint density at radius 3 is 2.22 bits per heavy atom. The van der Waals surface area contributed by atoms with Crippen LogP contribution in [0.2, 0.25) is 10.0 Å². The van der Waals surface area contributed by atoms with Crippen LogP contribution in [0.3, 0.4) is 0 Å². The molecule has 0 N–H and O–H groups in total. The van der Waals surface area contributed by atoms with Crippen LogP contribution < -0.4 is 0 Å². The largest absolute Gasteiger partial charge is 0.298 e. The molecule has 0 heterocycles. The molecule has 1 nitrogen and oxygen atoms in total. The highest BCUT2D eigenvalue weighted by molar-refractivity contribution is 6.39. The van der Waals surface area contributed by atoms with Crippen molar-refractivity contribution in [3.63, 3.8) is 0 Å². The van der Waals surface area contributed by atoms with Gasteiger partial charge in [0, 0.05) is 5.56 Å². The summed E-state index contributed by atoms with van der Waals surface area (Å²) in [5, 5.41) is -0.119. The van der Waals surface area contributed by atoms with E-state index < -0.39 is 11.6 Å². The van der Waals surface area contributed by atoms with Crippen molar-refractivity contribution in [3.8, 4) is 11.1 Å². The van der Waals surface area contributed by atoms with Crippen molar-refractivity contribution >= 4 is 29.5 Å². The Morgan fingerprint density at radius 1 is 1.06 bits per heavy atom. The van der Waals surface area contributed by atoms with Crippen LogP contribution in [0, 0.1) is 11.6 Å². The molecule has 18 heavy (non-hydrogen) atoms. The number of hydrogen-bond acceptors (Lipinski definition) is 1. The average molecular weight is 287 g/mol. The van der Waals surface area contributed by atoms with Crippen molar-refractivity contribution in [1.29, 1.82) is 0 Å². The van der Waals surface area contributed by atoms with E-state index in [1.807, 2.05) is 0 Å². The Bertz CT molecular complexity index is 609. The second kappa shape index (κ2) is 5.04. The van der Waals surface area contributed by atoms with Crippen molar-refractivity contribution in [2.24, 2.45) is 0 Å². The maximum atomic E-state index is 13.7. The molecular weight excluding hydrogens is 281 g/mol. The van der Waals surface area contributed by atoms with Crippen LogP contribution in [0.1, 0.15) is 10.4 Å². The molecule has 0 atom stereocenters. The normalized spacial score (nSPS) is 10.4. The van der Waals surface area contributed by atoms with E-state index in [1.54, 1.807) is 0 Å². The predicted molar refractivity (Wildman–Crippen MR) is 67.2 cm³/mol. The molecule has 0 aliphatic rings. The second-order valence-corrected chi connectivity index (χ2v) is 4.36. The first kappa shape index (κ1) is 13.0. The third-order valence-corrected chi connectivity index (χ3v) is 3.10. The van der Waals surface area contributed by atoms with Crippen LogP contribution in [-0.2, 0) is 0 Å². The van der Waals surface area contributed by atoms with Crippen molar-refractivity contribution in [2.75, 3.05) is 0 Å². The number of rotatable bonds is 2. The summed E-state index contributed by atoms with van der Waals surface area (Å²) in [5.74, 6) is -1.26. The van der Waals surface area contributed by atoms with Gasteiger partial charge in [-0.2, -0.15) is 0 Å². The lowest BCUT2D eigenvalue weighted by molar-refractivity contribution is 0.112. The van der Waals surface area contributed by atoms with Gasteiger partial charge in [-0.25, -0.2) is 8.78 Å². The van der Waals surface area contributed by atoms with Crippen molar-refractivity contribution in [1.82, 2.24) is 0 Å². The molecule has 2 aromatic carbocycles. The molecule has 0 unspecified atom stereocenters. The third kappa shape index (κ3) is 2.24. The second-order valence-electron chi connectivity index (χ2n) is 3.58. The molecule has 0 radical (unpaired) electrons. The molecular formula is C13H6Cl2F2O. The Morgan fingerprint density at radius 2 is 1.67 bits per heavy atom. The fraction of sp³-hybridized carbons (Fsp3) is 0. The summed E-state index contributed by atoms with van der Waals surface area (Å²) in [5.41, 5.74) is 0.500. The Kier molecular flexibility index (Phi) is 3.64. The van der Waals surface area contributed by atoms with Crippen LogP contribution in [-0.4, -0.2) is 6.29 Å². The zero-order valence-electron chi connectivity index (χ0n) is 8.88. The zero-order chi connectivity index (χ0) is 13.3. The van der Waals surface area contributed by atoms with Gasteiger partial charge in [0.15, 0.2) is 12.1 Å². The number of hydrogen-bond donors (Lipinski definition) is 0. The maximum absolute atomic E-state index is 13.7. The molecule has 5 heteroatoms. The van der Waals surface area contributed by atoms with E-state index in [1.165, 1.54) is 30.3 Å². The molecule has 0 fully saturated rings. The van der Waals surface area contributed by atoms with Crippen molar-refractivity contribution in [3.05, 3.63) is 57.6 Å². The standard InChI is InChI=1S/C13H6Cl2F2O/c14-10-5-8(6-18)13(17)12(15)11(10)7-1-3-9(16)4-2-7/h1-6H. The van der Waals surface area contributed by atoms with Gasteiger partial charge in [0.1, 0.15) is 5.82 Å². The van der Waals surface area contributed by atoms with E-state index in [0.29, 0.717) is 11.8 Å². The average Bonchev–Trinajstić information content (AvgIpc) is 2.36. The first-order valence-corrected chi connectivity index (χ1v) is 5.68. The number of aldehydes is 1. The molecule has 0 aliphatic carbocycles. The summed E-state index contributed by atoms with van der Waals surface area (Å²) in [4.78, 5) is 10.6. The van der Waals surface area contributed by atoms with Gasteiger partial charge in [-0.05, 0) is 23.8 Å². The highest BCUT2D eigenvalue weighted by Crippen LogP contribution is 2.37. The van der Waals surface area contributed by atoms with Crippen LogP contribution in [0.5, 0.6) is 0 Å². The van der Waals surface area contributed by atoms with Gasteiger partial charge in [-0.15, -0.1) is 0 Å². The maximum Gasteiger partial charge on any atom is 0.153 e. The fourth-order valence-corrected chi connectivity index (χ4v) is 2.27. The summed E-state index contributed by atoms with van der Waals surface area (Å²) in [6.07, 6.45) is 0.335. The van der Waals surface area contributed by atoms with Gasteiger partial charge < -0.3 is 0 Å². The first-order chi connectivity index (χ1) is 8.54. The van der Waals surface area contributed by atoms with Crippen molar-refractivity contribution in [2.45, 2.75) is 0 Å². The summed E-state index contributed by atoms with van der Waals surface area (Å²) >= 11 is 11.8. The zero-order valence-corrected chi connectivity index (χ0v) is 10.4. The van der Waals surface area contributed by atoms with E-state index >= 15 is 0 Å². The number of benzene rings is 2. The molecule has 0 saturated carbocycles. The Balaban J connectivity index is 2.68. The van der Waals surface area contributed by atoms with E-state index in [9.17, 15) is 13.6 Å². The van der Waals surface area contributed by atoms with Gasteiger partial charge in [0.05, 0.1) is 15.6 Å². The van der Waals surface area contributed by atoms with Crippen LogP contribution in [0.25, 0.3) is 11.1 Å². The Hall–Kier alpha value is -1.45. The van der Waals surface area contributed by atoms with Crippen LogP contribution in [0.15, 0.2) is 30.3 Å². The van der Waals surface area contributed by atoms with Gasteiger partial charge in [-0.3, -0.25) is 4.79 Å². The van der Waals surface area contributed by atoms with Crippen LogP contribution >= 0.6 is 23.2 Å². The minimum atomic E-state index is -0.838. The lowest BCUT2D eigenvalue weighted by Crippen LogP contribution is -1.93. The molecule has 0 bridgehead atoms. The smallest absolute Gasteiger partial charge is 0.153 e. The molecule has 2 aromatic rings. The van der Waals surface area contributed by atoms with Crippen LogP contribution in [0.4, 0.5) is 8.78 Å². The quantitative estimate of drug-likeness (QED) is 0.575. The summed E-state index contributed by atoms with van der Waals surface area (Å²) in [6.45, 7) is 0. The third-order valence-electron chi connectivity index (χ3n) is 2.45. The minimum absolute atomic E-state index is 0.134. The predicted octanol–water partition coefficient (Wildman–Crippen LogP) is 4.75. The molecule has 0 spiro atoms. The summed E-state index contributed by atoms with van der Waals surface area (Å²) in [7, 11) is 0. The van der Waals surface area contributed by atoms with Gasteiger partial charge in [0.2, 0.25) is 0 Å². The molecule has 92 valence electrons. The highest BCUT2D eigenvalue weighted by Gasteiger charge is 2.17. The van der Waals surface area contributed by atoms with Gasteiger partial charge in [0.25, 0.3) is 0 Å². The topological polar surface area (TPSA) is 17.1 Å². The number of carbonyl (C=O) groups excluding carboxylic acids is 1. The summed E-state index contributed by atoms with van der Waals surface area (Å²) in [6, 6.07) is 6.49. The number of halogens is 4. The molecule has 0 aliphatic heterocycles. The van der Waals surface area contributed by atoms with E-state index in [-0.39, 0.29) is 21.2 Å². The molecule has 0 amide bonds. The minimum Gasteiger partial charge on any atom is -0.298 e. The number of carbonyl (C=O) groups is 1. The lowest BCUT2D eigenvalue weighted by atomic mass is 10.0. The van der Waals surface area contributed by atoms with E-state index in [2.05, 4.69) is 0 Å². The molecule has 0 aromatic heterocycles. The first-order valence-electron chi connectivity index (χ1n) is 4.93. The molecule has 2 rings (SSSR count). The van der Waals surface area contributed by atoms with Gasteiger partial charge >= 0.3 is 0 Å². The SMILES string of the molecule is O=Cc1cc(Cl)c(-c2ccc(F)cc2)c(Cl)c1F. The van der Waals surface area contributed by atoms with E-state index in [0.717, 1.165) is 0 Å². The lowest BCUT2D eigenvalue weighted by Gasteiger charge is -2.09. The highest BCUT2D eigenvalue weighted by atomic mass is 35.5. The van der Waals surface area contributed by atoms with Crippen molar-refractivity contribution < 1.29 is 13.6 Å². The fourth-order valence-electron chi connectivity index (χ4n) is 1.58. The molecule has 0 saturated heterocycles. The van der Waals surface area contributed by atoms with E-state index in [4.69, 9.17) is 23.2 Å².